The average Bonchev–Trinajstić information content (AvgIpc) is 2.94. The summed E-state index contributed by atoms with van der Waals surface area (Å²) in [5, 5.41) is 0. The number of hydrogen-bond acceptors (Lipinski definition) is 5. The minimum atomic E-state index is -0.424. The Kier molecular flexibility index (Phi) is 4.76. The minimum absolute atomic E-state index is 0.424. The molecular weight excluding hydrogens is 258 g/mol. The van der Waals surface area contributed by atoms with E-state index in [-0.39, 0.29) is 0 Å². The summed E-state index contributed by atoms with van der Waals surface area (Å²) >= 11 is 0. The van der Waals surface area contributed by atoms with Crippen molar-refractivity contribution in [1.82, 2.24) is 0 Å². The quantitative estimate of drug-likeness (QED) is 0.470. The van der Waals surface area contributed by atoms with Gasteiger partial charge in [0.2, 0.25) is 5.90 Å². The Morgan fingerprint density at radius 2 is 2.05 bits per heavy atom. The van der Waals surface area contributed by atoms with Gasteiger partial charge in [-0.3, -0.25) is 0 Å². The highest BCUT2D eigenvalue weighted by molar-refractivity contribution is 5.99. The molecule has 0 fully saturated rings. The highest BCUT2D eigenvalue weighted by Gasteiger charge is 2.11. The molecule has 5 heteroatoms. The molecule has 0 spiro atoms. The lowest BCUT2D eigenvalue weighted by molar-refractivity contribution is -0.130. The summed E-state index contributed by atoms with van der Waals surface area (Å²) in [6.07, 6.45) is 1.59. The molecule has 0 saturated carbocycles. The van der Waals surface area contributed by atoms with Crippen molar-refractivity contribution in [1.29, 1.82) is 0 Å². The van der Waals surface area contributed by atoms with Gasteiger partial charge in [-0.2, -0.15) is 0 Å². The van der Waals surface area contributed by atoms with Gasteiger partial charge in [0.15, 0.2) is 0 Å². The van der Waals surface area contributed by atoms with Crippen LogP contribution in [-0.2, 0) is 9.53 Å². The van der Waals surface area contributed by atoms with Gasteiger partial charge < -0.3 is 14.2 Å². The normalized spacial score (nSPS) is 14.5. The molecule has 0 saturated heterocycles. The summed E-state index contributed by atoms with van der Waals surface area (Å²) in [6.45, 7) is 5.38. The summed E-state index contributed by atoms with van der Waals surface area (Å²) in [7, 11) is 0. The van der Waals surface area contributed by atoms with Crippen molar-refractivity contribution >= 4 is 11.9 Å². The molecule has 0 amide bonds. The van der Waals surface area contributed by atoms with Gasteiger partial charge in [-0.1, -0.05) is 0 Å². The highest BCUT2D eigenvalue weighted by Crippen LogP contribution is 2.18. The van der Waals surface area contributed by atoms with E-state index in [1.54, 1.807) is 37.3 Å². The Balaban J connectivity index is 1.96. The molecule has 0 radical (unpaired) electrons. The molecule has 1 aliphatic heterocycles. The Labute approximate surface area is 117 Å². The lowest BCUT2D eigenvalue weighted by Crippen LogP contribution is -2.11. The van der Waals surface area contributed by atoms with E-state index in [9.17, 15) is 4.79 Å². The molecule has 1 aromatic carbocycles. The van der Waals surface area contributed by atoms with E-state index < -0.39 is 5.97 Å². The van der Waals surface area contributed by atoms with Crippen LogP contribution in [0.25, 0.3) is 0 Å². The van der Waals surface area contributed by atoms with Crippen LogP contribution in [0.3, 0.4) is 0 Å². The summed E-state index contributed by atoms with van der Waals surface area (Å²) in [5.41, 5.74) is 0.444. The molecule has 0 bridgehead atoms. The zero-order valence-corrected chi connectivity index (χ0v) is 11.6. The predicted molar refractivity (Wildman–Crippen MR) is 75.3 cm³/mol. The van der Waals surface area contributed by atoms with Crippen molar-refractivity contribution in [2.45, 2.75) is 13.8 Å². The standard InChI is InChI=1S/C15H17NO4/c1-3-18-12-4-6-13(7-5-12)20-15(17)11(2)10-14-16-8-9-19-14/h4-7,10H,3,8-9H2,1-2H3. The molecule has 0 aromatic heterocycles. The van der Waals surface area contributed by atoms with E-state index >= 15 is 0 Å². The third-order valence-electron chi connectivity index (χ3n) is 2.62. The number of nitrogens with zero attached hydrogens (tertiary/aromatic N) is 1. The van der Waals surface area contributed by atoms with E-state index in [4.69, 9.17) is 14.2 Å². The Bertz CT molecular complexity index is 531. The molecule has 0 N–H and O–H groups in total. The van der Waals surface area contributed by atoms with Gasteiger partial charge in [0.25, 0.3) is 0 Å². The zero-order chi connectivity index (χ0) is 14.4. The van der Waals surface area contributed by atoms with Crippen molar-refractivity contribution < 1.29 is 19.0 Å². The first-order valence-corrected chi connectivity index (χ1v) is 6.49. The fraction of sp³-hybridized carbons (Fsp3) is 0.333. The van der Waals surface area contributed by atoms with Crippen LogP contribution in [0.4, 0.5) is 0 Å². The first-order valence-electron chi connectivity index (χ1n) is 6.49. The maximum absolute atomic E-state index is 11.9. The van der Waals surface area contributed by atoms with E-state index in [0.29, 0.717) is 37.0 Å². The molecule has 1 heterocycles. The molecule has 0 aliphatic carbocycles. The molecule has 2 rings (SSSR count). The Hall–Kier alpha value is -2.30. The lowest BCUT2D eigenvalue weighted by Gasteiger charge is -2.06. The molecule has 5 nitrogen and oxygen atoms in total. The zero-order valence-electron chi connectivity index (χ0n) is 11.6. The van der Waals surface area contributed by atoms with Crippen LogP contribution in [0.15, 0.2) is 40.9 Å². The van der Waals surface area contributed by atoms with Crippen molar-refractivity contribution in [2.75, 3.05) is 19.8 Å². The number of esters is 1. The van der Waals surface area contributed by atoms with E-state index in [0.717, 1.165) is 5.75 Å². The third kappa shape index (κ3) is 3.85. The van der Waals surface area contributed by atoms with Gasteiger partial charge in [0.05, 0.1) is 13.2 Å². The second-order valence-electron chi connectivity index (χ2n) is 4.19. The summed E-state index contributed by atoms with van der Waals surface area (Å²) in [4.78, 5) is 16.0. The smallest absolute Gasteiger partial charge is 0.339 e. The molecule has 1 aliphatic rings. The van der Waals surface area contributed by atoms with Crippen LogP contribution in [0.5, 0.6) is 11.5 Å². The molecule has 106 valence electrons. The number of aliphatic imine (C=N–C) groups is 1. The number of ether oxygens (including phenoxy) is 3. The average molecular weight is 275 g/mol. The summed E-state index contributed by atoms with van der Waals surface area (Å²) in [5.74, 6) is 1.27. The maximum atomic E-state index is 11.9. The Morgan fingerprint density at radius 1 is 1.35 bits per heavy atom. The fourth-order valence-electron chi connectivity index (χ4n) is 1.64. The number of carbonyl (C=O) groups excluding carboxylic acids is 1. The largest absolute Gasteiger partial charge is 0.494 e. The first kappa shape index (κ1) is 14.1. The second kappa shape index (κ2) is 6.75. The SMILES string of the molecule is CCOc1ccc(OC(=O)C(C)=CC2=NCCO2)cc1. The van der Waals surface area contributed by atoms with E-state index in [1.807, 2.05) is 6.92 Å². The van der Waals surface area contributed by atoms with Crippen LogP contribution in [0.1, 0.15) is 13.8 Å². The molecule has 1 aromatic rings. The van der Waals surface area contributed by atoms with Crippen LogP contribution >= 0.6 is 0 Å². The van der Waals surface area contributed by atoms with Crippen molar-refractivity contribution in [3.05, 3.63) is 35.9 Å². The van der Waals surface area contributed by atoms with Crippen LogP contribution < -0.4 is 9.47 Å². The number of benzene rings is 1. The molecule has 0 unspecified atom stereocenters. The Morgan fingerprint density at radius 3 is 2.65 bits per heavy atom. The fourth-order valence-corrected chi connectivity index (χ4v) is 1.64. The number of hydrogen-bond donors (Lipinski definition) is 0. The first-order chi connectivity index (χ1) is 9.69. The van der Waals surface area contributed by atoms with Gasteiger partial charge in [-0.15, -0.1) is 0 Å². The predicted octanol–water partition coefficient (Wildman–Crippen LogP) is 2.37. The van der Waals surface area contributed by atoms with Crippen LogP contribution in [-0.4, -0.2) is 31.6 Å². The van der Waals surface area contributed by atoms with Gasteiger partial charge in [0.1, 0.15) is 18.1 Å². The summed E-state index contributed by atoms with van der Waals surface area (Å²) in [6, 6.07) is 6.91. The monoisotopic (exact) mass is 275 g/mol. The third-order valence-corrected chi connectivity index (χ3v) is 2.62. The lowest BCUT2D eigenvalue weighted by atomic mass is 10.3. The van der Waals surface area contributed by atoms with Gasteiger partial charge in [0, 0.05) is 11.6 Å². The maximum Gasteiger partial charge on any atom is 0.339 e. The molecular formula is C15H17NO4. The van der Waals surface area contributed by atoms with Gasteiger partial charge in [-0.05, 0) is 38.1 Å². The van der Waals surface area contributed by atoms with Crippen molar-refractivity contribution in [3.63, 3.8) is 0 Å². The minimum Gasteiger partial charge on any atom is -0.494 e. The molecule has 20 heavy (non-hydrogen) atoms. The van der Waals surface area contributed by atoms with Gasteiger partial charge in [-0.25, -0.2) is 9.79 Å². The number of rotatable bonds is 5. The number of carbonyl (C=O) groups is 1. The highest BCUT2D eigenvalue weighted by atomic mass is 16.5. The van der Waals surface area contributed by atoms with Crippen molar-refractivity contribution in [2.24, 2.45) is 4.99 Å². The van der Waals surface area contributed by atoms with Crippen LogP contribution in [0.2, 0.25) is 0 Å². The van der Waals surface area contributed by atoms with E-state index in [1.165, 1.54) is 0 Å². The summed E-state index contributed by atoms with van der Waals surface area (Å²) < 4.78 is 15.8. The van der Waals surface area contributed by atoms with Crippen molar-refractivity contribution in [3.8, 4) is 11.5 Å². The molecule has 0 atom stereocenters. The topological polar surface area (TPSA) is 57.1 Å². The van der Waals surface area contributed by atoms with Gasteiger partial charge >= 0.3 is 5.97 Å². The second-order valence-corrected chi connectivity index (χ2v) is 4.19. The van der Waals surface area contributed by atoms with Crippen LogP contribution in [0, 0.1) is 0 Å². The van der Waals surface area contributed by atoms with E-state index in [2.05, 4.69) is 4.99 Å².